The molecule has 1 aromatic carbocycles. The van der Waals surface area contributed by atoms with Gasteiger partial charge in [-0.05, 0) is 42.8 Å². The lowest BCUT2D eigenvalue weighted by Crippen LogP contribution is -2.16. The van der Waals surface area contributed by atoms with Crippen LogP contribution >= 0.6 is 0 Å². The van der Waals surface area contributed by atoms with Crippen molar-refractivity contribution >= 4 is 17.2 Å². The number of amides is 1. The maximum Gasteiger partial charge on any atom is 0.416 e. The third-order valence-electron chi connectivity index (χ3n) is 3.67. The summed E-state index contributed by atoms with van der Waals surface area (Å²) in [6, 6.07) is 6.77. The van der Waals surface area contributed by atoms with Crippen molar-refractivity contribution in [2.75, 3.05) is 5.32 Å². The van der Waals surface area contributed by atoms with Gasteiger partial charge in [-0.3, -0.25) is 9.20 Å². The Morgan fingerprint density at radius 3 is 2.44 bits per heavy atom. The summed E-state index contributed by atoms with van der Waals surface area (Å²) in [5, 5.41) is 2.52. The predicted molar refractivity (Wildman–Crippen MR) is 83.9 cm³/mol. The minimum absolute atomic E-state index is 0.150. The number of nitrogens with zero attached hydrogens (tertiary/aromatic N) is 2. The monoisotopic (exact) mass is 351 g/mol. The number of carbonyl (C=O) groups excluding carboxylic acids is 1. The normalized spacial score (nSPS) is 11.7. The summed E-state index contributed by atoms with van der Waals surface area (Å²) in [6.45, 7) is 1.80. The quantitative estimate of drug-likeness (QED) is 0.715. The van der Waals surface area contributed by atoms with Crippen LogP contribution in [0.1, 0.15) is 28.7 Å². The Hall–Kier alpha value is -2.90. The van der Waals surface area contributed by atoms with Crippen LogP contribution in [0.4, 0.5) is 23.2 Å². The first-order chi connectivity index (χ1) is 11.8. The van der Waals surface area contributed by atoms with E-state index in [1.165, 1.54) is 16.5 Å². The zero-order chi connectivity index (χ0) is 18.2. The van der Waals surface area contributed by atoms with Gasteiger partial charge in [-0.15, -0.1) is 0 Å². The number of anilines is 1. The number of alkyl halides is 3. The van der Waals surface area contributed by atoms with Crippen LogP contribution in [0.3, 0.4) is 0 Å². The summed E-state index contributed by atoms with van der Waals surface area (Å²) in [6.07, 6.45) is -2.86. The molecule has 0 aliphatic carbocycles. The molecule has 3 rings (SSSR count). The van der Waals surface area contributed by atoms with Crippen LogP contribution in [0.2, 0.25) is 0 Å². The molecule has 0 spiro atoms. The Morgan fingerprint density at radius 2 is 1.84 bits per heavy atom. The Kier molecular flexibility index (Phi) is 4.20. The lowest BCUT2D eigenvalue weighted by atomic mass is 10.2. The van der Waals surface area contributed by atoms with E-state index in [9.17, 15) is 22.4 Å². The van der Waals surface area contributed by atoms with Gasteiger partial charge < -0.3 is 5.32 Å². The molecule has 0 saturated carbocycles. The second-order valence-corrected chi connectivity index (χ2v) is 5.37. The molecule has 0 bridgehead atoms. The maximum atomic E-state index is 13.5. The molecule has 3 aromatic rings. The summed E-state index contributed by atoms with van der Waals surface area (Å²) in [4.78, 5) is 16.8. The van der Waals surface area contributed by atoms with Gasteiger partial charge in [0.2, 0.25) is 0 Å². The van der Waals surface area contributed by atoms with Crippen molar-refractivity contribution in [1.82, 2.24) is 9.38 Å². The number of carbonyl (C=O) groups is 1. The molecular weight excluding hydrogens is 338 g/mol. The van der Waals surface area contributed by atoms with E-state index < -0.39 is 23.5 Å². The van der Waals surface area contributed by atoms with Crippen LogP contribution in [0.25, 0.3) is 5.65 Å². The van der Waals surface area contributed by atoms with Crippen LogP contribution in [-0.2, 0) is 12.6 Å². The Balaban J connectivity index is 1.93. The molecule has 8 heteroatoms. The highest BCUT2D eigenvalue weighted by Gasteiger charge is 2.30. The number of halogens is 4. The largest absolute Gasteiger partial charge is 0.416 e. The first-order valence-corrected chi connectivity index (χ1v) is 7.44. The molecule has 0 aliphatic rings. The summed E-state index contributed by atoms with van der Waals surface area (Å²) >= 11 is 0. The van der Waals surface area contributed by atoms with Gasteiger partial charge >= 0.3 is 6.18 Å². The maximum absolute atomic E-state index is 13.5. The highest BCUT2D eigenvalue weighted by atomic mass is 19.4. The number of aromatic nitrogens is 2. The highest BCUT2D eigenvalue weighted by Crippen LogP contribution is 2.30. The highest BCUT2D eigenvalue weighted by molar-refractivity contribution is 6.04. The smallest absolute Gasteiger partial charge is 0.321 e. The zero-order valence-electron chi connectivity index (χ0n) is 13.1. The average Bonchev–Trinajstić information content (AvgIpc) is 2.92. The fourth-order valence-corrected chi connectivity index (χ4v) is 2.49. The van der Waals surface area contributed by atoms with Gasteiger partial charge in [0.25, 0.3) is 5.91 Å². The van der Waals surface area contributed by atoms with Gasteiger partial charge in [0.1, 0.15) is 17.2 Å². The topological polar surface area (TPSA) is 46.4 Å². The standard InChI is InChI=1S/C17H13F4N3O/c1-2-13-15(24-9-11(18)5-8-14(24)23-13)16(25)22-12-6-3-10(4-7-12)17(19,20)21/h3-9H,2H2,1H3,(H,22,25). The molecule has 0 atom stereocenters. The molecular formula is C17H13F4N3O. The van der Waals surface area contributed by atoms with E-state index in [0.29, 0.717) is 17.8 Å². The second kappa shape index (κ2) is 6.19. The fraction of sp³-hybridized carbons (Fsp3) is 0.176. The van der Waals surface area contributed by atoms with Crippen molar-refractivity contribution in [3.8, 4) is 0 Å². The summed E-state index contributed by atoms with van der Waals surface area (Å²) in [7, 11) is 0. The van der Waals surface area contributed by atoms with Gasteiger partial charge in [0.15, 0.2) is 0 Å². The van der Waals surface area contributed by atoms with Crippen LogP contribution in [0, 0.1) is 5.82 Å². The van der Waals surface area contributed by atoms with Gasteiger partial charge in [0, 0.05) is 11.9 Å². The van der Waals surface area contributed by atoms with Gasteiger partial charge in [-0.2, -0.15) is 13.2 Å². The number of rotatable bonds is 3. The molecule has 0 aliphatic heterocycles. The minimum Gasteiger partial charge on any atom is -0.321 e. The number of nitrogens with one attached hydrogen (secondary N) is 1. The first kappa shape index (κ1) is 16.9. The van der Waals surface area contributed by atoms with Crippen LogP contribution in [0.5, 0.6) is 0 Å². The van der Waals surface area contributed by atoms with E-state index in [-0.39, 0.29) is 11.4 Å². The first-order valence-electron chi connectivity index (χ1n) is 7.44. The average molecular weight is 351 g/mol. The summed E-state index contributed by atoms with van der Waals surface area (Å²) in [5.41, 5.74) is 0.422. The number of hydrogen-bond donors (Lipinski definition) is 1. The molecule has 0 fully saturated rings. The zero-order valence-corrected chi connectivity index (χ0v) is 13.1. The number of imidazole rings is 1. The van der Waals surface area contributed by atoms with E-state index in [4.69, 9.17) is 0 Å². The van der Waals surface area contributed by atoms with Crippen LogP contribution in [0.15, 0.2) is 42.6 Å². The van der Waals surface area contributed by atoms with Gasteiger partial charge in [-0.25, -0.2) is 9.37 Å². The third kappa shape index (κ3) is 3.33. The number of pyridine rings is 1. The molecule has 25 heavy (non-hydrogen) atoms. The van der Waals surface area contributed by atoms with Crippen molar-refractivity contribution < 1.29 is 22.4 Å². The van der Waals surface area contributed by atoms with Gasteiger partial charge in [0.05, 0.1) is 11.3 Å². The molecule has 1 amide bonds. The summed E-state index contributed by atoms with van der Waals surface area (Å²) in [5.74, 6) is -1.11. The van der Waals surface area contributed by atoms with Gasteiger partial charge in [-0.1, -0.05) is 6.92 Å². The lowest BCUT2D eigenvalue weighted by Gasteiger charge is -2.09. The van der Waals surface area contributed by atoms with Crippen LogP contribution < -0.4 is 5.32 Å². The van der Waals surface area contributed by atoms with E-state index in [2.05, 4.69) is 10.3 Å². The Bertz CT molecular complexity index is 929. The lowest BCUT2D eigenvalue weighted by molar-refractivity contribution is -0.137. The number of benzene rings is 1. The molecule has 130 valence electrons. The molecule has 4 nitrogen and oxygen atoms in total. The van der Waals surface area contributed by atoms with Crippen LogP contribution in [-0.4, -0.2) is 15.3 Å². The molecule has 0 radical (unpaired) electrons. The number of aryl methyl sites for hydroxylation is 1. The second-order valence-electron chi connectivity index (χ2n) is 5.37. The van der Waals surface area contributed by atoms with E-state index in [1.807, 2.05) is 0 Å². The van der Waals surface area contributed by atoms with E-state index in [1.54, 1.807) is 6.92 Å². The molecule has 0 saturated heterocycles. The summed E-state index contributed by atoms with van der Waals surface area (Å²) < 4.78 is 52.6. The number of fused-ring (bicyclic) bond motifs is 1. The Labute approximate surface area is 140 Å². The Morgan fingerprint density at radius 1 is 1.16 bits per heavy atom. The fourth-order valence-electron chi connectivity index (χ4n) is 2.49. The molecule has 2 aromatic heterocycles. The van der Waals surface area contributed by atoms with E-state index >= 15 is 0 Å². The molecule has 1 N–H and O–H groups in total. The van der Waals surface area contributed by atoms with Crippen molar-refractivity contribution in [2.45, 2.75) is 19.5 Å². The van der Waals surface area contributed by atoms with Crippen molar-refractivity contribution in [3.05, 3.63) is 65.4 Å². The minimum atomic E-state index is -4.45. The van der Waals surface area contributed by atoms with Crippen molar-refractivity contribution in [1.29, 1.82) is 0 Å². The molecule has 2 heterocycles. The molecule has 0 unspecified atom stereocenters. The predicted octanol–water partition coefficient (Wildman–Crippen LogP) is 4.31. The van der Waals surface area contributed by atoms with Crippen molar-refractivity contribution in [2.24, 2.45) is 0 Å². The SMILES string of the molecule is CCc1nc2ccc(F)cn2c1C(=O)Nc1ccc(C(F)(F)F)cc1. The van der Waals surface area contributed by atoms with E-state index in [0.717, 1.165) is 30.5 Å². The third-order valence-corrected chi connectivity index (χ3v) is 3.67. The van der Waals surface area contributed by atoms with Crippen molar-refractivity contribution in [3.63, 3.8) is 0 Å². The number of hydrogen-bond acceptors (Lipinski definition) is 2.